The quantitative estimate of drug-likeness (QED) is 0.597. The Morgan fingerprint density at radius 3 is 2.36 bits per heavy atom. The summed E-state index contributed by atoms with van der Waals surface area (Å²) in [5.74, 6) is 0.402. The van der Waals surface area contributed by atoms with Crippen molar-refractivity contribution in [2.45, 2.75) is 0 Å². The molecule has 3 rings (SSSR count). The standard InChI is InChI=1S/C15H8Br2NO4/c16-10-3-7(19)4-11(17)15(10)22-8-1-2-12-9(5-8)13(20)6-14(21)18-12/h1-6H,(H2,18,20,21). The minimum Gasteiger partial charge on any atom is -0.507 e. The molecule has 1 aromatic heterocycles. The van der Waals surface area contributed by atoms with E-state index in [0.717, 1.165) is 6.07 Å². The van der Waals surface area contributed by atoms with E-state index in [-0.39, 0.29) is 17.4 Å². The Morgan fingerprint density at radius 2 is 1.68 bits per heavy atom. The lowest BCUT2D eigenvalue weighted by Crippen LogP contribution is -1.88. The number of ether oxygens (including phenoxy) is 1. The Kier molecular flexibility index (Phi) is 3.84. The first-order valence-electron chi connectivity index (χ1n) is 6.10. The third-order valence-corrected chi connectivity index (χ3v) is 4.11. The maximum atomic E-state index is 11.4. The Labute approximate surface area is 142 Å². The molecule has 2 aromatic carbocycles. The molecule has 3 aromatic rings. The highest BCUT2D eigenvalue weighted by Crippen LogP contribution is 2.40. The monoisotopic (exact) mass is 424 g/mol. The predicted molar refractivity (Wildman–Crippen MR) is 87.1 cm³/mol. The first kappa shape index (κ1) is 14.9. The molecule has 111 valence electrons. The molecule has 22 heavy (non-hydrogen) atoms. The van der Waals surface area contributed by atoms with Crippen LogP contribution in [0.4, 0.5) is 0 Å². The molecule has 0 fully saturated rings. The topological polar surface area (TPSA) is 82.5 Å². The summed E-state index contributed by atoms with van der Waals surface area (Å²) in [4.78, 5) is 3.91. The van der Waals surface area contributed by atoms with Gasteiger partial charge in [0.1, 0.15) is 11.5 Å². The molecule has 0 unspecified atom stereocenters. The molecule has 0 bridgehead atoms. The van der Waals surface area contributed by atoms with Gasteiger partial charge in [0.25, 0.3) is 0 Å². The van der Waals surface area contributed by atoms with Crippen LogP contribution in [-0.2, 0) is 5.11 Å². The maximum Gasteiger partial charge on any atom is 0.215 e. The van der Waals surface area contributed by atoms with Gasteiger partial charge in [0.05, 0.1) is 14.5 Å². The highest BCUT2D eigenvalue weighted by Gasteiger charge is 2.12. The van der Waals surface area contributed by atoms with E-state index in [4.69, 9.17) is 4.74 Å². The van der Waals surface area contributed by atoms with E-state index < -0.39 is 0 Å². The van der Waals surface area contributed by atoms with Crippen molar-refractivity contribution in [3.05, 3.63) is 45.3 Å². The van der Waals surface area contributed by atoms with Crippen molar-refractivity contribution in [2.75, 3.05) is 0 Å². The predicted octanol–water partition coefficient (Wildman–Crippen LogP) is 5.11. The fourth-order valence-corrected chi connectivity index (χ4v) is 3.30. The van der Waals surface area contributed by atoms with Crippen LogP contribution in [0.3, 0.4) is 0 Å². The lowest BCUT2D eigenvalue weighted by atomic mass is 10.2. The first-order chi connectivity index (χ1) is 10.4. The van der Waals surface area contributed by atoms with Crippen molar-refractivity contribution in [2.24, 2.45) is 0 Å². The maximum absolute atomic E-state index is 11.4. The fourth-order valence-electron chi connectivity index (χ4n) is 1.99. The molecular formula is C15H8Br2NO4. The van der Waals surface area contributed by atoms with Crippen molar-refractivity contribution >= 4 is 42.8 Å². The van der Waals surface area contributed by atoms with Crippen molar-refractivity contribution in [3.63, 3.8) is 0 Å². The lowest BCUT2D eigenvalue weighted by Gasteiger charge is -2.11. The van der Waals surface area contributed by atoms with Crippen LogP contribution in [0.15, 0.2) is 45.3 Å². The smallest absolute Gasteiger partial charge is 0.215 e. The summed E-state index contributed by atoms with van der Waals surface area (Å²) in [6, 6.07) is 8.83. The molecule has 0 aliphatic rings. The van der Waals surface area contributed by atoms with E-state index >= 15 is 0 Å². The van der Waals surface area contributed by atoms with Crippen molar-refractivity contribution < 1.29 is 20.1 Å². The van der Waals surface area contributed by atoms with Crippen molar-refractivity contribution in [1.82, 2.24) is 4.98 Å². The SMILES string of the molecule is [O]c1cc(Br)c(Oc2ccc3nc(O)cc(O)c3c2)c(Br)c1. The first-order valence-corrected chi connectivity index (χ1v) is 7.69. The Balaban J connectivity index is 2.05. The van der Waals surface area contributed by atoms with Crippen LogP contribution in [0.1, 0.15) is 0 Å². The zero-order valence-electron chi connectivity index (χ0n) is 10.9. The van der Waals surface area contributed by atoms with Gasteiger partial charge in [-0.2, -0.15) is 0 Å². The number of hydrogen-bond acceptors (Lipinski definition) is 4. The molecule has 0 amide bonds. The molecule has 0 atom stereocenters. The second-order valence-electron chi connectivity index (χ2n) is 4.50. The average Bonchev–Trinajstić information content (AvgIpc) is 2.43. The minimum absolute atomic E-state index is 0.0963. The number of fused-ring (bicyclic) bond motifs is 1. The van der Waals surface area contributed by atoms with E-state index in [1.807, 2.05) is 0 Å². The molecule has 7 heteroatoms. The number of pyridine rings is 1. The number of nitrogens with zero attached hydrogens (tertiary/aromatic N) is 1. The highest BCUT2D eigenvalue weighted by molar-refractivity contribution is 9.11. The molecule has 1 radical (unpaired) electrons. The summed E-state index contributed by atoms with van der Waals surface area (Å²) >= 11 is 6.56. The van der Waals surface area contributed by atoms with Crippen LogP contribution >= 0.6 is 31.9 Å². The number of benzene rings is 2. The van der Waals surface area contributed by atoms with Gasteiger partial charge >= 0.3 is 0 Å². The number of aromatic hydroxyl groups is 2. The Bertz CT molecular complexity index is 860. The number of hydrogen-bond donors (Lipinski definition) is 2. The van der Waals surface area contributed by atoms with Crippen LogP contribution in [-0.4, -0.2) is 15.2 Å². The summed E-state index contributed by atoms with van der Waals surface area (Å²) < 4.78 is 6.78. The van der Waals surface area contributed by atoms with Gasteiger partial charge in [0.2, 0.25) is 5.88 Å². The molecule has 0 saturated heterocycles. The van der Waals surface area contributed by atoms with Gasteiger partial charge in [0, 0.05) is 23.6 Å². The van der Waals surface area contributed by atoms with Gasteiger partial charge in [-0.15, -0.1) is 0 Å². The highest BCUT2D eigenvalue weighted by atomic mass is 79.9. The number of rotatable bonds is 2. The van der Waals surface area contributed by atoms with Crippen molar-refractivity contribution in [3.8, 4) is 28.9 Å². The average molecular weight is 426 g/mol. The van der Waals surface area contributed by atoms with E-state index in [1.54, 1.807) is 18.2 Å². The largest absolute Gasteiger partial charge is 0.507 e. The molecule has 2 N–H and O–H groups in total. The number of aromatic nitrogens is 1. The second-order valence-corrected chi connectivity index (χ2v) is 6.21. The zero-order chi connectivity index (χ0) is 15.9. The normalized spacial score (nSPS) is 10.8. The zero-order valence-corrected chi connectivity index (χ0v) is 14.1. The van der Waals surface area contributed by atoms with E-state index in [2.05, 4.69) is 36.8 Å². The van der Waals surface area contributed by atoms with Crippen LogP contribution in [0, 0.1) is 0 Å². The third-order valence-electron chi connectivity index (χ3n) is 2.94. The molecule has 5 nitrogen and oxygen atoms in total. The fraction of sp³-hybridized carbons (Fsp3) is 0. The summed E-state index contributed by atoms with van der Waals surface area (Å²) in [6.07, 6.45) is 0. The molecule has 0 aliphatic carbocycles. The summed E-state index contributed by atoms with van der Waals surface area (Å²) in [5.41, 5.74) is 0.442. The summed E-state index contributed by atoms with van der Waals surface area (Å²) in [7, 11) is 0. The second kappa shape index (κ2) is 5.66. The van der Waals surface area contributed by atoms with E-state index in [1.165, 1.54) is 12.1 Å². The summed E-state index contributed by atoms with van der Waals surface area (Å²) in [5, 5.41) is 31.1. The van der Waals surface area contributed by atoms with Crippen LogP contribution in [0.25, 0.3) is 10.9 Å². The number of halogens is 2. The lowest BCUT2D eigenvalue weighted by molar-refractivity contribution is 0.353. The van der Waals surface area contributed by atoms with Gasteiger partial charge in [-0.25, -0.2) is 4.98 Å². The van der Waals surface area contributed by atoms with Crippen LogP contribution in [0.5, 0.6) is 28.9 Å². The van der Waals surface area contributed by atoms with E-state index in [0.29, 0.717) is 31.3 Å². The third kappa shape index (κ3) is 2.82. The molecule has 0 aliphatic heterocycles. The molecule has 0 saturated carbocycles. The van der Waals surface area contributed by atoms with Gasteiger partial charge < -0.3 is 14.9 Å². The van der Waals surface area contributed by atoms with Crippen LogP contribution < -0.4 is 4.74 Å². The summed E-state index contributed by atoms with van der Waals surface area (Å²) in [6.45, 7) is 0. The van der Waals surface area contributed by atoms with E-state index in [9.17, 15) is 15.3 Å². The van der Waals surface area contributed by atoms with Gasteiger partial charge in [-0.1, -0.05) is 0 Å². The van der Waals surface area contributed by atoms with Crippen molar-refractivity contribution in [1.29, 1.82) is 0 Å². The van der Waals surface area contributed by atoms with Crippen LogP contribution in [0.2, 0.25) is 0 Å². The molecular weight excluding hydrogens is 418 g/mol. The van der Waals surface area contributed by atoms with Gasteiger partial charge in [-0.05, 0) is 50.1 Å². The minimum atomic E-state index is -0.254. The van der Waals surface area contributed by atoms with Gasteiger partial charge in [-0.3, -0.25) is 5.11 Å². The Hall–Kier alpha value is -1.99. The van der Waals surface area contributed by atoms with Gasteiger partial charge in [0.15, 0.2) is 11.5 Å². The molecule has 0 spiro atoms. The molecule has 1 heterocycles. The Morgan fingerprint density at radius 1 is 1.00 bits per heavy atom.